The van der Waals surface area contributed by atoms with E-state index in [2.05, 4.69) is 19.9 Å². The van der Waals surface area contributed by atoms with Gasteiger partial charge in [0, 0.05) is 52.0 Å². The van der Waals surface area contributed by atoms with Gasteiger partial charge in [-0.2, -0.15) is 0 Å². The fourth-order valence-electron chi connectivity index (χ4n) is 4.10. The highest BCUT2D eigenvalue weighted by molar-refractivity contribution is 7.89. The molecule has 1 saturated heterocycles. The van der Waals surface area contributed by atoms with Crippen LogP contribution in [0.5, 0.6) is 0 Å². The molecule has 2 fully saturated rings. The Morgan fingerprint density at radius 3 is 2.47 bits per heavy atom. The third-order valence-electron chi connectivity index (χ3n) is 6.37. The zero-order chi connectivity index (χ0) is 25.8. The number of hydrogen-bond acceptors (Lipinski definition) is 8. The van der Waals surface area contributed by atoms with Gasteiger partial charge in [0.15, 0.2) is 15.7 Å². The molecule has 2 amide bonds. The van der Waals surface area contributed by atoms with Crippen molar-refractivity contribution in [2.75, 3.05) is 45.2 Å². The van der Waals surface area contributed by atoms with Crippen LogP contribution in [0, 0.1) is 0 Å². The van der Waals surface area contributed by atoms with Crippen LogP contribution in [0.15, 0.2) is 23.4 Å². The second kappa shape index (κ2) is 8.88. The number of nitrogens with one attached hydrogen (secondary N) is 1. The maximum atomic E-state index is 13.3. The lowest BCUT2D eigenvalue weighted by atomic mass is 10.2. The van der Waals surface area contributed by atoms with E-state index in [1.54, 1.807) is 29.5 Å². The number of halogens is 2. The largest absolute Gasteiger partial charge is 0.365 e. The topological polar surface area (TPSA) is 116 Å². The van der Waals surface area contributed by atoms with Crippen LogP contribution in [0.1, 0.15) is 31.2 Å². The van der Waals surface area contributed by atoms with Gasteiger partial charge in [-0.3, -0.25) is 4.40 Å². The average molecular weight is 541 g/mol. The van der Waals surface area contributed by atoms with E-state index in [1.165, 1.54) is 17.3 Å². The van der Waals surface area contributed by atoms with Gasteiger partial charge in [0.05, 0.1) is 11.9 Å². The zero-order valence-corrected chi connectivity index (χ0v) is 21.6. The molecular weight excluding hydrogens is 514 g/mol. The lowest BCUT2D eigenvalue weighted by Gasteiger charge is -2.37. The Hall–Kier alpha value is -2.91. The molecule has 0 spiro atoms. The zero-order valence-electron chi connectivity index (χ0n) is 20.0. The predicted octanol–water partition coefficient (Wildman–Crippen LogP) is 2.42. The monoisotopic (exact) mass is 540 g/mol. The smallest absolute Gasteiger partial charge is 0.319 e. The summed E-state index contributed by atoms with van der Waals surface area (Å²) in [7, 11) is -0.491. The van der Waals surface area contributed by atoms with E-state index in [4.69, 9.17) is 0 Å². The number of pyridine rings is 1. The van der Waals surface area contributed by atoms with E-state index < -0.39 is 27.0 Å². The van der Waals surface area contributed by atoms with Crippen LogP contribution in [-0.4, -0.2) is 89.6 Å². The molecule has 3 aromatic heterocycles. The molecule has 11 nitrogen and oxygen atoms in total. The van der Waals surface area contributed by atoms with E-state index >= 15 is 0 Å². The summed E-state index contributed by atoms with van der Waals surface area (Å²) in [4.78, 5) is 22.1. The standard InChI is InChI=1S/C21H26F2N8O3S2/c1-21(4-5-21)27-36(33,34)13-10-14(29-6-8-30(9-7-29)20(32)28(2)3)17-24-11-15(31(17)12-13)18-25-26-19(35-18)16(22)23/h10-12,16,27H,4-9H2,1-3H3. The number of piperazine rings is 1. The van der Waals surface area contributed by atoms with Gasteiger partial charge in [-0.25, -0.2) is 31.7 Å². The molecule has 0 atom stereocenters. The molecule has 0 radical (unpaired) electrons. The van der Waals surface area contributed by atoms with E-state index in [1.807, 2.05) is 11.8 Å². The molecule has 1 N–H and O–H groups in total. The third kappa shape index (κ3) is 4.62. The maximum Gasteiger partial charge on any atom is 0.319 e. The van der Waals surface area contributed by atoms with Crippen LogP contribution in [-0.2, 0) is 10.0 Å². The summed E-state index contributed by atoms with van der Waals surface area (Å²) in [6.45, 7) is 3.71. The number of aromatic nitrogens is 4. The van der Waals surface area contributed by atoms with Crippen molar-refractivity contribution in [2.45, 2.75) is 36.6 Å². The number of urea groups is 1. The summed E-state index contributed by atoms with van der Waals surface area (Å²) < 4.78 is 57.2. The van der Waals surface area contributed by atoms with Crippen LogP contribution >= 0.6 is 11.3 Å². The van der Waals surface area contributed by atoms with Crippen molar-refractivity contribution in [2.24, 2.45) is 0 Å². The van der Waals surface area contributed by atoms with Gasteiger partial charge in [0.1, 0.15) is 10.6 Å². The van der Waals surface area contributed by atoms with Crippen LogP contribution < -0.4 is 9.62 Å². The van der Waals surface area contributed by atoms with Gasteiger partial charge in [0.25, 0.3) is 6.43 Å². The van der Waals surface area contributed by atoms with Gasteiger partial charge >= 0.3 is 6.03 Å². The predicted molar refractivity (Wildman–Crippen MR) is 130 cm³/mol. The molecule has 3 aromatic rings. The summed E-state index contributed by atoms with van der Waals surface area (Å²) in [6.07, 6.45) is 1.66. The molecule has 0 aromatic carbocycles. The van der Waals surface area contributed by atoms with Gasteiger partial charge in [-0.1, -0.05) is 11.3 Å². The minimum absolute atomic E-state index is 0.0303. The Morgan fingerprint density at radius 1 is 1.19 bits per heavy atom. The fraction of sp³-hybridized carbons (Fsp3) is 0.524. The molecule has 1 aliphatic carbocycles. The van der Waals surface area contributed by atoms with Crippen LogP contribution in [0.2, 0.25) is 0 Å². The van der Waals surface area contributed by atoms with Gasteiger partial charge < -0.3 is 14.7 Å². The highest BCUT2D eigenvalue weighted by atomic mass is 32.2. The number of rotatable bonds is 6. The molecule has 1 aliphatic heterocycles. The van der Waals surface area contributed by atoms with Crippen LogP contribution in [0.3, 0.4) is 0 Å². The minimum atomic E-state index is -3.88. The van der Waals surface area contributed by atoms with Gasteiger partial charge in [-0.15, -0.1) is 10.2 Å². The molecule has 4 heterocycles. The number of imidazole rings is 1. The first kappa shape index (κ1) is 24.8. The van der Waals surface area contributed by atoms with E-state index in [-0.39, 0.29) is 15.9 Å². The Bertz CT molecular complexity index is 1410. The first-order valence-electron chi connectivity index (χ1n) is 11.4. The lowest BCUT2D eigenvalue weighted by molar-refractivity contribution is 0.150. The van der Waals surface area contributed by atoms with Gasteiger partial charge in [0.2, 0.25) is 10.0 Å². The van der Waals surface area contributed by atoms with Crippen molar-refractivity contribution in [3.8, 4) is 10.7 Å². The molecule has 36 heavy (non-hydrogen) atoms. The Morgan fingerprint density at radius 2 is 1.89 bits per heavy atom. The van der Waals surface area contributed by atoms with E-state index in [9.17, 15) is 22.0 Å². The normalized spacial score (nSPS) is 17.7. The van der Waals surface area contributed by atoms with Crippen molar-refractivity contribution in [1.82, 2.24) is 34.1 Å². The van der Waals surface area contributed by atoms with E-state index in [0.29, 0.717) is 43.2 Å². The van der Waals surface area contributed by atoms with Crippen molar-refractivity contribution in [1.29, 1.82) is 0 Å². The SMILES string of the molecule is CN(C)C(=O)N1CCN(c2cc(S(=O)(=O)NC3(C)CC3)cn3c(-c4nnc(C(F)F)s4)cnc23)CC1. The second-order valence-electron chi connectivity index (χ2n) is 9.46. The number of carbonyl (C=O) groups is 1. The number of amides is 2. The summed E-state index contributed by atoms with van der Waals surface area (Å²) >= 11 is 0.734. The summed E-state index contributed by atoms with van der Waals surface area (Å²) in [5, 5.41) is 7.22. The Labute approximate surface area is 210 Å². The van der Waals surface area contributed by atoms with Gasteiger partial charge in [-0.05, 0) is 25.8 Å². The number of carbonyl (C=O) groups excluding carboxylic acids is 1. The fourth-order valence-corrected chi connectivity index (χ4v) is 6.29. The first-order chi connectivity index (χ1) is 17.0. The lowest BCUT2D eigenvalue weighted by Crippen LogP contribution is -2.51. The molecule has 0 bridgehead atoms. The number of sulfonamides is 1. The summed E-state index contributed by atoms with van der Waals surface area (Å²) in [6, 6.07) is 1.49. The average Bonchev–Trinajstić information content (AvgIpc) is 3.22. The number of alkyl halides is 2. The molecule has 15 heteroatoms. The number of fused-ring (bicyclic) bond motifs is 1. The molecule has 2 aliphatic rings. The quantitative estimate of drug-likeness (QED) is 0.511. The van der Waals surface area contributed by atoms with Crippen molar-refractivity contribution in [3.05, 3.63) is 23.5 Å². The molecule has 194 valence electrons. The number of hydrogen-bond donors (Lipinski definition) is 1. The molecule has 0 unspecified atom stereocenters. The number of anilines is 1. The second-order valence-corrected chi connectivity index (χ2v) is 12.2. The Balaban J connectivity index is 1.57. The number of nitrogens with zero attached hydrogens (tertiary/aromatic N) is 7. The molecule has 5 rings (SSSR count). The highest BCUT2D eigenvalue weighted by Gasteiger charge is 2.41. The van der Waals surface area contributed by atoms with Crippen LogP contribution in [0.4, 0.5) is 19.3 Å². The van der Waals surface area contributed by atoms with E-state index in [0.717, 1.165) is 24.2 Å². The van der Waals surface area contributed by atoms with Crippen LogP contribution in [0.25, 0.3) is 16.3 Å². The summed E-state index contributed by atoms with van der Waals surface area (Å²) in [5.74, 6) is 0. The third-order valence-corrected chi connectivity index (χ3v) is 8.93. The highest BCUT2D eigenvalue weighted by Crippen LogP contribution is 2.37. The molecule has 1 saturated carbocycles. The van der Waals surface area contributed by atoms with Crippen molar-refractivity contribution in [3.63, 3.8) is 0 Å². The minimum Gasteiger partial charge on any atom is -0.365 e. The Kier molecular flexibility index (Phi) is 6.11. The summed E-state index contributed by atoms with van der Waals surface area (Å²) in [5.41, 5.74) is 0.921. The maximum absolute atomic E-state index is 13.3. The molecular formula is C21H26F2N8O3S2. The van der Waals surface area contributed by atoms with Crippen molar-refractivity contribution >= 4 is 38.7 Å². The van der Waals surface area contributed by atoms with Crippen molar-refractivity contribution < 1.29 is 22.0 Å². The first-order valence-corrected chi connectivity index (χ1v) is 13.7.